The highest BCUT2D eigenvalue weighted by Gasteiger charge is 2.42. The van der Waals surface area contributed by atoms with Crippen LogP contribution in [-0.4, -0.2) is 60.2 Å². The van der Waals surface area contributed by atoms with Crippen molar-refractivity contribution in [1.82, 2.24) is 9.80 Å². The van der Waals surface area contributed by atoms with E-state index in [9.17, 15) is 9.59 Å². The number of morpholine rings is 1. The standard InChI is InChI=1S/C19H24N2O4/c22-17(20-10-11-25-19(14-20)8-4-5-9-19)12-21-16(13-24-18(21)23)15-6-2-1-3-7-15/h1-3,6-7,16H,4-5,8-14H2/t16-/m1/s1. The minimum atomic E-state index is -0.411. The van der Waals surface area contributed by atoms with Gasteiger partial charge in [-0.3, -0.25) is 9.69 Å². The van der Waals surface area contributed by atoms with Gasteiger partial charge in [-0.05, 0) is 18.4 Å². The first-order chi connectivity index (χ1) is 12.2. The molecule has 0 bridgehead atoms. The molecule has 0 aromatic heterocycles. The molecule has 0 N–H and O–H groups in total. The molecule has 1 spiro atoms. The van der Waals surface area contributed by atoms with Gasteiger partial charge in [0.2, 0.25) is 5.91 Å². The Balaban J connectivity index is 1.44. The highest BCUT2D eigenvalue weighted by atomic mass is 16.6. The van der Waals surface area contributed by atoms with E-state index >= 15 is 0 Å². The lowest BCUT2D eigenvalue weighted by atomic mass is 9.99. The Labute approximate surface area is 147 Å². The van der Waals surface area contributed by atoms with Gasteiger partial charge in [0.15, 0.2) is 0 Å². The van der Waals surface area contributed by atoms with Crippen LogP contribution in [0.3, 0.4) is 0 Å². The summed E-state index contributed by atoms with van der Waals surface area (Å²) in [6, 6.07) is 9.54. The number of benzene rings is 1. The first-order valence-corrected chi connectivity index (χ1v) is 9.07. The Kier molecular flexibility index (Phi) is 4.37. The Morgan fingerprint density at radius 2 is 1.96 bits per heavy atom. The van der Waals surface area contributed by atoms with Gasteiger partial charge in [-0.15, -0.1) is 0 Å². The summed E-state index contributed by atoms with van der Waals surface area (Å²) >= 11 is 0. The molecule has 3 fully saturated rings. The average Bonchev–Trinajstić information content (AvgIpc) is 3.23. The molecule has 2 heterocycles. The molecule has 2 aliphatic heterocycles. The lowest BCUT2D eigenvalue weighted by Gasteiger charge is -2.41. The molecule has 1 aromatic rings. The van der Waals surface area contributed by atoms with Crippen molar-refractivity contribution in [2.24, 2.45) is 0 Å². The van der Waals surface area contributed by atoms with E-state index in [1.54, 1.807) is 4.90 Å². The van der Waals surface area contributed by atoms with Crippen LogP contribution in [-0.2, 0) is 14.3 Å². The third-order valence-corrected chi connectivity index (χ3v) is 5.58. The second-order valence-corrected chi connectivity index (χ2v) is 7.19. The number of hydrogen-bond acceptors (Lipinski definition) is 4. The van der Waals surface area contributed by atoms with E-state index in [-0.39, 0.29) is 24.1 Å². The first-order valence-electron chi connectivity index (χ1n) is 9.07. The minimum absolute atomic E-state index is 0.0191. The lowest BCUT2D eigenvalue weighted by molar-refractivity contribution is -0.150. The SMILES string of the molecule is O=C(CN1C(=O)OC[C@@H]1c1ccccc1)N1CCOC2(CCCC2)C1. The maximum absolute atomic E-state index is 12.8. The number of ether oxygens (including phenoxy) is 2. The van der Waals surface area contributed by atoms with Gasteiger partial charge in [-0.1, -0.05) is 43.2 Å². The monoisotopic (exact) mass is 344 g/mol. The fourth-order valence-electron chi connectivity index (χ4n) is 4.20. The number of carbonyl (C=O) groups is 2. The summed E-state index contributed by atoms with van der Waals surface area (Å²) in [5, 5.41) is 0. The molecule has 134 valence electrons. The maximum atomic E-state index is 12.8. The van der Waals surface area contributed by atoms with Gasteiger partial charge in [-0.2, -0.15) is 0 Å². The third kappa shape index (κ3) is 3.23. The van der Waals surface area contributed by atoms with Crippen LogP contribution in [0.4, 0.5) is 4.79 Å². The van der Waals surface area contributed by atoms with E-state index in [1.165, 1.54) is 0 Å². The predicted molar refractivity (Wildman–Crippen MR) is 91.0 cm³/mol. The minimum Gasteiger partial charge on any atom is -0.447 e. The van der Waals surface area contributed by atoms with Crippen LogP contribution in [0.25, 0.3) is 0 Å². The molecule has 1 saturated carbocycles. The molecular formula is C19H24N2O4. The normalized spacial score (nSPS) is 25.4. The molecule has 1 atom stereocenters. The zero-order valence-electron chi connectivity index (χ0n) is 14.4. The molecule has 1 aliphatic carbocycles. The summed E-state index contributed by atoms with van der Waals surface area (Å²) in [6.07, 6.45) is 3.96. The number of hydrogen-bond donors (Lipinski definition) is 0. The molecule has 1 aromatic carbocycles. The van der Waals surface area contributed by atoms with Crippen molar-refractivity contribution in [2.45, 2.75) is 37.3 Å². The molecule has 4 rings (SSSR count). The van der Waals surface area contributed by atoms with E-state index in [0.29, 0.717) is 26.3 Å². The van der Waals surface area contributed by atoms with E-state index < -0.39 is 6.09 Å². The summed E-state index contributed by atoms with van der Waals surface area (Å²) in [4.78, 5) is 28.4. The molecule has 2 saturated heterocycles. The Bertz CT molecular complexity index is 642. The van der Waals surface area contributed by atoms with Gasteiger partial charge >= 0.3 is 6.09 Å². The number of rotatable bonds is 3. The Hall–Kier alpha value is -2.08. The van der Waals surface area contributed by atoms with Crippen molar-refractivity contribution in [3.63, 3.8) is 0 Å². The van der Waals surface area contributed by atoms with Crippen LogP contribution in [0.15, 0.2) is 30.3 Å². The van der Waals surface area contributed by atoms with Gasteiger partial charge in [-0.25, -0.2) is 4.79 Å². The number of cyclic esters (lactones) is 1. The van der Waals surface area contributed by atoms with Crippen LogP contribution in [0, 0.1) is 0 Å². The summed E-state index contributed by atoms with van der Waals surface area (Å²) in [6.45, 7) is 2.18. The topological polar surface area (TPSA) is 59.1 Å². The smallest absolute Gasteiger partial charge is 0.410 e. The summed E-state index contributed by atoms with van der Waals surface area (Å²) in [5.74, 6) is -0.0191. The molecule has 6 heteroatoms. The fourth-order valence-corrected chi connectivity index (χ4v) is 4.20. The van der Waals surface area contributed by atoms with Gasteiger partial charge in [0, 0.05) is 13.1 Å². The van der Waals surface area contributed by atoms with Crippen molar-refractivity contribution in [3.05, 3.63) is 35.9 Å². The zero-order chi connectivity index (χ0) is 17.3. The number of nitrogens with zero attached hydrogens (tertiary/aromatic N) is 2. The van der Waals surface area contributed by atoms with Crippen molar-refractivity contribution in [2.75, 3.05) is 32.8 Å². The predicted octanol–water partition coefficient (Wildman–Crippen LogP) is 2.35. The number of amides is 2. The van der Waals surface area contributed by atoms with E-state index in [4.69, 9.17) is 9.47 Å². The fraction of sp³-hybridized carbons (Fsp3) is 0.579. The van der Waals surface area contributed by atoms with Crippen molar-refractivity contribution in [3.8, 4) is 0 Å². The molecule has 0 unspecified atom stereocenters. The Morgan fingerprint density at radius 1 is 1.20 bits per heavy atom. The molecule has 3 aliphatic rings. The second kappa shape index (κ2) is 6.67. The molecule has 2 amide bonds. The van der Waals surface area contributed by atoms with Crippen LogP contribution in [0.1, 0.15) is 37.3 Å². The van der Waals surface area contributed by atoms with E-state index in [2.05, 4.69) is 0 Å². The average molecular weight is 344 g/mol. The van der Waals surface area contributed by atoms with Gasteiger partial charge in [0.25, 0.3) is 0 Å². The largest absolute Gasteiger partial charge is 0.447 e. The van der Waals surface area contributed by atoms with E-state index in [1.807, 2.05) is 35.2 Å². The lowest BCUT2D eigenvalue weighted by Crippen LogP contribution is -2.54. The molecule has 25 heavy (non-hydrogen) atoms. The highest BCUT2D eigenvalue weighted by molar-refractivity contribution is 5.83. The van der Waals surface area contributed by atoms with Crippen molar-refractivity contribution < 1.29 is 19.1 Å². The van der Waals surface area contributed by atoms with Gasteiger partial charge in [0.1, 0.15) is 13.2 Å². The van der Waals surface area contributed by atoms with E-state index in [0.717, 1.165) is 31.2 Å². The van der Waals surface area contributed by atoms with Crippen molar-refractivity contribution in [1.29, 1.82) is 0 Å². The summed E-state index contributed by atoms with van der Waals surface area (Å²) < 4.78 is 11.2. The Morgan fingerprint density at radius 3 is 2.72 bits per heavy atom. The summed E-state index contributed by atoms with van der Waals surface area (Å²) in [5.41, 5.74) is 0.841. The van der Waals surface area contributed by atoms with Crippen molar-refractivity contribution >= 4 is 12.0 Å². The molecule has 6 nitrogen and oxygen atoms in total. The molecular weight excluding hydrogens is 320 g/mol. The second-order valence-electron chi connectivity index (χ2n) is 7.19. The zero-order valence-corrected chi connectivity index (χ0v) is 14.4. The quantitative estimate of drug-likeness (QED) is 0.845. The van der Waals surface area contributed by atoms with Gasteiger partial charge < -0.3 is 14.4 Å². The first kappa shape index (κ1) is 16.4. The highest BCUT2D eigenvalue weighted by Crippen LogP contribution is 2.36. The van der Waals surface area contributed by atoms with Crippen LogP contribution in [0.5, 0.6) is 0 Å². The summed E-state index contributed by atoms with van der Waals surface area (Å²) in [7, 11) is 0. The van der Waals surface area contributed by atoms with Crippen LogP contribution >= 0.6 is 0 Å². The number of carbonyl (C=O) groups excluding carboxylic acids is 2. The third-order valence-electron chi connectivity index (χ3n) is 5.58. The van der Waals surface area contributed by atoms with Crippen LogP contribution < -0.4 is 0 Å². The van der Waals surface area contributed by atoms with Gasteiger partial charge in [0.05, 0.1) is 18.2 Å². The molecule has 0 radical (unpaired) electrons. The maximum Gasteiger partial charge on any atom is 0.410 e. The van der Waals surface area contributed by atoms with Crippen LogP contribution in [0.2, 0.25) is 0 Å².